The van der Waals surface area contributed by atoms with Crippen LogP contribution in [0, 0.1) is 12.7 Å². The van der Waals surface area contributed by atoms with E-state index in [4.69, 9.17) is 16.3 Å². The smallest absolute Gasteiger partial charge is 0.287 e. The van der Waals surface area contributed by atoms with Crippen LogP contribution in [0.25, 0.3) is 0 Å². The van der Waals surface area contributed by atoms with E-state index in [1.807, 2.05) is 19.1 Å². The van der Waals surface area contributed by atoms with Crippen LogP contribution in [0.2, 0.25) is 5.02 Å². The molecule has 0 bridgehead atoms. The maximum absolute atomic E-state index is 14.6. The number of nitrogens with one attached hydrogen (secondary N) is 2. The summed E-state index contributed by atoms with van der Waals surface area (Å²) in [6, 6.07) is 15.9. The van der Waals surface area contributed by atoms with Crippen LogP contribution in [-0.2, 0) is 10.0 Å². The Balaban J connectivity index is 1.75. The number of fused-ring (bicyclic) bond motifs is 1. The highest BCUT2D eigenvalue weighted by Crippen LogP contribution is 2.41. The molecule has 0 saturated carbocycles. The maximum atomic E-state index is 14.6. The van der Waals surface area contributed by atoms with E-state index in [1.165, 1.54) is 0 Å². The second-order valence-electron chi connectivity index (χ2n) is 6.31. The Morgan fingerprint density at radius 3 is 2.52 bits per heavy atom. The first-order valence-electron chi connectivity index (χ1n) is 8.54. The summed E-state index contributed by atoms with van der Waals surface area (Å²) in [5.41, 5.74) is 1.60. The van der Waals surface area contributed by atoms with Gasteiger partial charge in [-0.25, -0.2) is 4.39 Å². The molecular formula is C20H15ClFN3O3S. The third kappa shape index (κ3) is 3.90. The van der Waals surface area contributed by atoms with Crippen LogP contribution in [0.15, 0.2) is 70.0 Å². The van der Waals surface area contributed by atoms with Crippen LogP contribution in [0.5, 0.6) is 11.5 Å². The molecule has 3 aromatic rings. The van der Waals surface area contributed by atoms with Gasteiger partial charge in [0.2, 0.25) is 5.96 Å². The topological polar surface area (TPSA) is 79.8 Å². The normalized spacial score (nSPS) is 14.4. The van der Waals surface area contributed by atoms with E-state index in [1.54, 1.807) is 36.4 Å². The first-order chi connectivity index (χ1) is 13.8. The van der Waals surface area contributed by atoms with Gasteiger partial charge in [-0.3, -0.25) is 0 Å². The molecule has 3 aromatic carbocycles. The molecule has 0 saturated heterocycles. The molecule has 2 N–H and O–H groups in total. The standard InChI is InChI=1S/C20H15ClFN3O3S/c1-12-6-8-13(9-7-12)23-20-24-18-17(29(26,27)25-20)11-10-15(22)19(18)28-16-5-3-2-4-14(16)21/h2-11H,1H3,(H2,23,24,25). The van der Waals surface area contributed by atoms with E-state index < -0.39 is 15.8 Å². The van der Waals surface area contributed by atoms with Crippen molar-refractivity contribution in [2.24, 2.45) is 4.40 Å². The number of anilines is 2. The summed E-state index contributed by atoms with van der Waals surface area (Å²) < 4.78 is 49.2. The van der Waals surface area contributed by atoms with Crippen LogP contribution < -0.4 is 15.4 Å². The van der Waals surface area contributed by atoms with E-state index >= 15 is 0 Å². The average molecular weight is 432 g/mol. The van der Waals surface area contributed by atoms with Gasteiger partial charge in [0.1, 0.15) is 16.3 Å². The van der Waals surface area contributed by atoms with Crippen molar-refractivity contribution >= 4 is 39.0 Å². The molecule has 0 radical (unpaired) electrons. The number of guanidine groups is 1. The summed E-state index contributed by atoms with van der Waals surface area (Å²) in [5.74, 6) is -0.924. The molecule has 0 aromatic heterocycles. The summed E-state index contributed by atoms with van der Waals surface area (Å²) in [5, 5.41) is 5.96. The Kier molecular flexibility index (Phi) is 4.89. The van der Waals surface area contributed by atoms with E-state index in [9.17, 15) is 12.8 Å². The van der Waals surface area contributed by atoms with E-state index in [0.29, 0.717) is 5.69 Å². The molecule has 0 fully saturated rings. The fourth-order valence-corrected chi connectivity index (χ4v) is 3.99. The summed E-state index contributed by atoms with van der Waals surface area (Å²) in [6.07, 6.45) is 0. The molecule has 1 heterocycles. The molecule has 0 amide bonds. The molecule has 1 aliphatic heterocycles. The van der Waals surface area contributed by atoms with Crippen molar-refractivity contribution in [1.82, 2.24) is 0 Å². The summed E-state index contributed by atoms with van der Waals surface area (Å²) in [7, 11) is -4.08. The number of halogens is 2. The summed E-state index contributed by atoms with van der Waals surface area (Å²) >= 11 is 6.09. The first kappa shape index (κ1) is 19.2. The Morgan fingerprint density at radius 2 is 1.79 bits per heavy atom. The Labute approximate surface area is 172 Å². The van der Waals surface area contributed by atoms with Crippen LogP contribution in [-0.4, -0.2) is 14.4 Å². The largest absolute Gasteiger partial charge is 0.450 e. The number of aryl methyl sites for hydroxylation is 1. The molecule has 4 rings (SSSR count). The number of benzene rings is 3. The zero-order valence-corrected chi connectivity index (χ0v) is 16.7. The van der Waals surface area contributed by atoms with Crippen LogP contribution in [0.4, 0.5) is 15.8 Å². The monoisotopic (exact) mass is 431 g/mol. The maximum Gasteiger partial charge on any atom is 0.287 e. The molecule has 1 aliphatic rings. The number of hydrogen-bond acceptors (Lipinski definition) is 5. The van der Waals surface area contributed by atoms with Crippen molar-refractivity contribution in [3.05, 3.63) is 77.1 Å². The van der Waals surface area contributed by atoms with Gasteiger partial charge in [-0.15, -0.1) is 4.40 Å². The number of nitrogens with zero attached hydrogens (tertiary/aromatic N) is 1. The third-order valence-electron chi connectivity index (χ3n) is 4.17. The number of sulfonamides is 1. The quantitative estimate of drug-likeness (QED) is 0.598. The van der Waals surface area contributed by atoms with E-state index in [0.717, 1.165) is 17.7 Å². The minimum Gasteiger partial charge on any atom is -0.450 e. The molecule has 6 nitrogen and oxygen atoms in total. The number of hydrogen-bond donors (Lipinski definition) is 2. The molecule has 0 atom stereocenters. The predicted molar refractivity (Wildman–Crippen MR) is 111 cm³/mol. The van der Waals surface area contributed by atoms with Crippen LogP contribution in [0.3, 0.4) is 0 Å². The minimum atomic E-state index is -4.08. The van der Waals surface area contributed by atoms with Gasteiger partial charge in [0.05, 0.1) is 5.02 Å². The Hall–Kier alpha value is -3.10. The number of ether oxygens (including phenoxy) is 1. The summed E-state index contributed by atoms with van der Waals surface area (Å²) in [4.78, 5) is -0.199. The fourth-order valence-electron chi connectivity index (χ4n) is 2.75. The molecule has 148 valence electrons. The van der Waals surface area contributed by atoms with Crippen molar-refractivity contribution in [3.8, 4) is 11.5 Å². The van der Waals surface area contributed by atoms with Gasteiger partial charge in [-0.05, 0) is 43.3 Å². The fraction of sp³-hybridized carbons (Fsp3) is 0.0500. The first-order valence-corrected chi connectivity index (χ1v) is 10.4. The third-order valence-corrected chi connectivity index (χ3v) is 5.80. The van der Waals surface area contributed by atoms with Gasteiger partial charge < -0.3 is 15.4 Å². The lowest BCUT2D eigenvalue weighted by atomic mass is 10.2. The van der Waals surface area contributed by atoms with Crippen molar-refractivity contribution < 1.29 is 17.5 Å². The zero-order valence-electron chi connectivity index (χ0n) is 15.1. The lowest BCUT2D eigenvalue weighted by Crippen LogP contribution is -2.28. The van der Waals surface area contributed by atoms with Crippen LogP contribution >= 0.6 is 11.6 Å². The summed E-state index contributed by atoms with van der Waals surface area (Å²) in [6.45, 7) is 1.93. The SMILES string of the molecule is Cc1ccc(NC2=NS(=O)(=O)c3ccc(F)c(Oc4ccccc4Cl)c3N2)cc1. The molecular weight excluding hydrogens is 417 g/mol. The van der Waals surface area contributed by atoms with Gasteiger partial charge in [0.15, 0.2) is 11.6 Å². The Bertz CT molecular complexity index is 1230. The second-order valence-corrected chi connectivity index (χ2v) is 8.29. The highest BCUT2D eigenvalue weighted by Gasteiger charge is 2.30. The second kappa shape index (κ2) is 7.38. The van der Waals surface area contributed by atoms with Gasteiger partial charge in [-0.2, -0.15) is 8.42 Å². The molecule has 0 aliphatic carbocycles. The van der Waals surface area contributed by atoms with E-state index in [2.05, 4.69) is 15.0 Å². The highest BCUT2D eigenvalue weighted by molar-refractivity contribution is 7.90. The number of rotatable bonds is 3. The van der Waals surface area contributed by atoms with Gasteiger partial charge >= 0.3 is 0 Å². The molecule has 0 spiro atoms. The predicted octanol–water partition coefficient (Wildman–Crippen LogP) is 5.16. The van der Waals surface area contributed by atoms with Gasteiger partial charge in [0.25, 0.3) is 10.0 Å². The van der Waals surface area contributed by atoms with Crippen molar-refractivity contribution in [2.45, 2.75) is 11.8 Å². The molecule has 29 heavy (non-hydrogen) atoms. The van der Waals surface area contributed by atoms with Gasteiger partial charge in [-0.1, -0.05) is 41.4 Å². The Morgan fingerprint density at radius 1 is 1.07 bits per heavy atom. The average Bonchev–Trinajstić information content (AvgIpc) is 2.67. The highest BCUT2D eigenvalue weighted by atomic mass is 35.5. The number of para-hydroxylation sites is 1. The van der Waals surface area contributed by atoms with Gasteiger partial charge in [0, 0.05) is 5.69 Å². The van der Waals surface area contributed by atoms with Crippen molar-refractivity contribution in [3.63, 3.8) is 0 Å². The molecule has 0 unspecified atom stereocenters. The lowest BCUT2D eigenvalue weighted by molar-refractivity contribution is 0.443. The molecule has 9 heteroatoms. The van der Waals surface area contributed by atoms with Crippen molar-refractivity contribution in [1.29, 1.82) is 0 Å². The zero-order chi connectivity index (χ0) is 20.6. The van der Waals surface area contributed by atoms with Crippen molar-refractivity contribution in [2.75, 3.05) is 10.6 Å². The van der Waals surface area contributed by atoms with Crippen LogP contribution in [0.1, 0.15) is 5.56 Å². The lowest BCUT2D eigenvalue weighted by Gasteiger charge is -2.22. The minimum absolute atomic E-state index is 0.0606. The van der Waals surface area contributed by atoms with E-state index in [-0.39, 0.29) is 33.1 Å².